The summed E-state index contributed by atoms with van der Waals surface area (Å²) < 4.78 is 37.0. The first-order valence-electron chi connectivity index (χ1n) is 4.86. The highest BCUT2D eigenvalue weighted by Gasteiger charge is 2.31. The summed E-state index contributed by atoms with van der Waals surface area (Å²) in [6.07, 6.45) is -3.01. The first-order valence-corrected chi connectivity index (χ1v) is 5.24. The summed E-state index contributed by atoms with van der Waals surface area (Å²) in [5.41, 5.74) is 0.266. The predicted octanol–water partition coefficient (Wildman–Crippen LogP) is 5.34. The molecular formula is C12H14ClF3. The highest BCUT2D eigenvalue weighted by atomic mass is 35.5. The smallest absolute Gasteiger partial charge is 0.166 e. The van der Waals surface area contributed by atoms with Gasteiger partial charge in [0.1, 0.15) is 0 Å². The van der Waals surface area contributed by atoms with E-state index in [-0.39, 0.29) is 5.02 Å². The first kappa shape index (κ1) is 15.0. The van der Waals surface area contributed by atoms with Crippen LogP contribution in [-0.2, 0) is 6.18 Å². The van der Waals surface area contributed by atoms with E-state index >= 15 is 0 Å². The maximum absolute atomic E-state index is 12.3. The molecule has 0 saturated carbocycles. The van der Waals surface area contributed by atoms with Crippen LogP contribution in [0.25, 0.3) is 6.08 Å². The number of alkyl halides is 3. The van der Waals surface area contributed by atoms with Crippen molar-refractivity contribution in [3.05, 3.63) is 40.4 Å². The van der Waals surface area contributed by atoms with Gasteiger partial charge >= 0.3 is 6.18 Å². The van der Waals surface area contributed by atoms with Crippen molar-refractivity contribution in [3.8, 4) is 0 Å². The van der Waals surface area contributed by atoms with Crippen LogP contribution in [0.3, 0.4) is 0 Å². The van der Waals surface area contributed by atoms with Gasteiger partial charge in [0.05, 0.1) is 5.56 Å². The van der Waals surface area contributed by atoms with Crippen LogP contribution in [0.2, 0.25) is 5.02 Å². The minimum absolute atomic E-state index is 0.106. The molecule has 4 heteroatoms. The zero-order chi connectivity index (χ0) is 12.9. The average molecular weight is 251 g/mol. The molecule has 0 radical (unpaired) electrons. The van der Waals surface area contributed by atoms with Gasteiger partial charge in [-0.05, 0) is 30.2 Å². The van der Waals surface area contributed by atoms with Gasteiger partial charge in [0.2, 0.25) is 0 Å². The molecule has 0 aliphatic heterocycles. The van der Waals surface area contributed by atoms with Gasteiger partial charge in [0.25, 0.3) is 0 Å². The molecule has 0 aliphatic rings. The topological polar surface area (TPSA) is 0 Å². The van der Waals surface area contributed by atoms with Crippen molar-refractivity contribution in [2.24, 2.45) is 0 Å². The van der Waals surface area contributed by atoms with Crippen LogP contribution < -0.4 is 0 Å². The van der Waals surface area contributed by atoms with Crippen LogP contribution >= 0.6 is 11.6 Å². The molecule has 0 aliphatic carbocycles. The Kier molecular flexibility index (Phi) is 5.59. The molecule has 0 heterocycles. The van der Waals surface area contributed by atoms with Gasteiger partial charge in [0.15, 0.2) is 0 Å². The molecule has 0 saturated heterocycles. The highest BCUT2D eigenvalue weighted by Crippen LogP contribution is 2.33. The molecule has 0 spiro atoms. The van der Waals surface area contributed by atoms with E-state index < -0.39 is 11.7 Å². The fourth-order valence-electron chi connectivity index (χ4n) is 1.08. The van der Waals surface area contributed by atoms with E-state index in [1.807, 2.05) is 13.8 Å². The lowest BCUT2D eigenvalue weighted by atomic mass is 10.0. The Balaban J connectivity index is 0.00000106. The van der Waals surface area contributed by atoms with E-state index in [1.165, 1.54) is 6.08 Å². The number of hydrogen-bond acceptors (Lipinski definition) is 0. The molecule has 0 bridgehead atoms. The van der Waals surface area contributed by atoms with E-state index in [9.17, 15) is 13.2 Å². The minimum Gasteiger partial charge on any atom is -0.166 e. The van der Waals surface area contributed by atoms with Crippen LogP contribution in [0, 0.1) is 6.92 Å². The molecule has 0 nitrogen and oxygen atoms in total. The number of hydrogen-bond donors (Lipinski definition) is 0. The molecule has 0 fully saturated rings. The van der Waals surface area contributed by atoms with Gasteiger partial charge in [-0.1, -0.05) is 38.1 Å². The number of rotatable bonds is 1. The lowest BCUT2D eigenvalue weighted by Crippen LogP contribution is -2.05. The lowest BCUT2D eigenvalue weighted by Gasteiger charge is -2.10. The monoisotopic (exact) mass is 250 g/mol. The van der Waals surface area contributed by atoms with Crippen LogP contribution in [0.5, 0.6) is 0 Å². The largest absolute Gasteiger partial charge is 0.416 e. The van der Waals surface area contributed by atoms with E-state index in [2.05, 4.69) is 6.58 Å². The van der Waals surface area contributed by atoms with Crippen molar-refractivity contribution in [1.82, 2.24) is 0 Å². The van der Waals surface area contributed by atoms with Gasteiger partial charge in [0, 0.05) is 5.02 Å². The van der Waals surface area contributed by atoms with E-state index in [1.54, 1.807) is 6.92 Å². The minimum atomic E-state index is -4.37. The normalized spacial score (nSPS) is 10.4. The van der Waals surface area contributed by atoms with Crippen LogP contribution in [0.1, 0.15) is 30.5 Å². The summed E-state index contributed by atoms with van der Waals surface area (Å²) in [6, 6.07) is 1.96. The fraction of sp³-hybridized carbons (Fsp3) is 0.333. The summed E-state index contributed by atoms with van der Waals surface area (Å²) in [7, 11) is 0. The maximum Gasteiger partial charge on any atom is 0.416 e. The second-order valence-corrected chi connectivity index (χ2v) is 3.28. The molecule has 1 rings (SSSR count). The second-order valence-electron chi connectivity index (χ2n) is 2.87. The zero-order valence-electron chi connectivity index (χ0n) is 9.45. The van der Waals surface area contributed by atoms with Gasteiger partial charge in [-0.25, -0.2) is 0 Å². The Labute approximate surface area is 98.7 Å². The van der Waals surface area contributed by atoms with E-state index in [4.69, 9.17) is 11.6 Å². The van der Waals surface area contributed by atoms with Crippen molar-refractivity contribution in [2.75, 3.05) is 0 Å². The third-order valence-electron chi connectivity index (χ3n) is 1.93. The fourth-order valence-corrected chi connectivity index (χ4v) is 1.30. The quantitative estimate of drug-likeness (QED) is 0.631. The molecular weight excluding hydrogens is 237 g/mol. The average Bonchev–Trinajstić information content (AvgIpc) is 2.23. The highest BCUT2D eigenvalue weighted by molar-refractivity contribution is 6.31. The van der Waals surface area contributed by atoms with Gasteiger partial charge < -0.3 is 0 Å². The van der Waals surface area contributed by atoms with Crippen LogP contribution in [0.15, 0.2) is 18.7 Å². The van der Waals surface area contributed by atoms with Crippen LogP contribution in [0.4, 0.5) is 13.2 Å². The Morgan fingerprint density at radius 1 is 1.25 bits per heavy atom. The van der Waals surface area contributed by atoms with E-state index in [0.29, 0.717) is 11.1 Å². The van der Waals surface area contributed by atoms with Crippen LogP contribution in [-0.4, -0.2) is 0 Å². The van der Waals surface area contributed by atoms with Crippen molar-refractivity contribution >= 4 is 17.7 Å². The Hall–Kier alpha value is -0.960. The Morgan fingerprint density at radius 3 is 2.12 bits per heavy atom. The summed E-state index contributed by atoms with van der Waals surface area (Å²) in [5, 5.41) is 0.106. The first-order chi connectivity index (χ1) is 7.36. The number of halogens is 4. The second kappa shape index (κ2) is 5.94. The molecule has 0 N–H and O–H groups in total. The van der Waals surface area contributed by atoms with Gasteiger partial charge in [-0.3, -0.25) is 0 Å². The lowest BCUT2D eigenvalue weighted by molar-refractivity contribution is -0.137. The maximum atomic E-state index is 12.3. The van der Waals surface area contributed by atoms with Gasteiger partial charge in [-0.2, -0.15) is 13.2 Å². The Bertz CT molecular complexity index is 367. The summed E-state index contributed by atoms with van der Waals surface area (Å²) >= 11 is 5.66. The zero-order valence-corrected chi connectivity index (χ0v) is 10.2. The molecule has 16 heavy (non-hydrogen) atoms. The molecule has 1 aromatic rings. The Morgan fingerprint density at radius 2 is 1.75 bits per heavy atom. The number of benzene rings is 1. The molecule has 0 atom stereocenters. The van der Waals surface area contributed by atoms with Crippen molar-refractivity contribution in [3.63, 3.8) is 0 Å². The molecule has 1 aromatic carbocycles. The third-order valence-corrected chi connectivity index (χ3v) is 2.32. The molecule has 0 unspecified atom stereocenters. The predicted molar refractivity (Wildman–Crippen MR) is 62.6 cm³/mol. The SMILES string of the molecule is C=Cc1cc(C(F)(F)F)cc(Cl)c1C.CC. The standard InChI is InChI=1S/C10H8ClF3.C2H6/c1-3-7-4-8(10(12,13)14)5-9(11)6(7)2;1-2/h3-5H,1H2,2H3;1-2H3. The van der Waals surface area contributed by atoms with E-state index in [0.717, 1.165) is 12.1 Å². The molecule has 90 valence electrons. The summed E-state index contributed by atoms with van der Waals surface area (Å²) in [5.74, 6) is 0. The third kappa shape index (κ3) is 3.56. The molecule has 0 aromatic heterocycles. The molecule has 0 amide bonds. The van der Waals surface area contributed by atoms with Crippen molar-refractivity contribution in [2.45, 2.75) is 26.9 Å². The van der Waals surface area contributed by atoms with Gasteiger partial charge in [-0.15, -0.1) is 0 Å². The van der Waals surface area contributed by atoms with Crippen molar-refractivity contribution in [1.29, 1.82) is 0 Å². The summed E-state index contributed by atoms with van der Waals surface area (Å²) in [6.45, 7) is 9.08. The van der Waals surface area contributed by atoms with Crippen molar-refractivity contribution < 1.29 is 13.2 Å². The summed E-state index contributed by atoms with van der Waals surface area (Å²) in [4.78, 5) is 0.